The third-order valence-electron chi connectivity index (χ3n) is 4.62. The van der Waals surface area contributed by atoms with E-state index in [0.717, 1.165) is 36.5 Å². The van der Waals surface area contributed by atoms with Crippen LogP contribution in [0.15, 0.2) is 82.2 Å². The van der Waals surface area contributed by atoms with Gasteiger partial charge in [0.05, 0.1) is 15.9 Å². The van der Waals surface area contributed by atoms with Crippen molar-refractivity contribution in [3.05, 3.63) is 102 Å². The van der Waals surface area contributed by atoms with Gasteiger partial charge in [0.1, 0.15) is 12.4 Å². The molecule has 31 heavy (non-hydrogen) atoms. The Hall–Kier alpha value is -2.10. The lowest BCUT2D eigenvalue weighted by Crippen LogP contribution is -2.27. The number of carbonyl (C=O) groups is 2. The Balaban J connectivity index is 1.45. The minimum absolute atomic E-state index is 0.253. The van der Waals surface area contributed by atoms with E-state index in [1.54, 1.807) is 6.08 Å². The molecule has 2 amide bonds. The predicted molar refractivity (Wildman–Crippen MR) is 136 cm³/mol. The van der Waals surface area contributed by atoms with Crippen molar-refractivity contribution in [3.8, 4) is 5.75 Å². The van der Waals surface area contributed by atoms with Gasteiger partial charge in [0.15, 0.2) is 0 Å². The topological polar surface area (TPSA) is 46.6 Å². The first-order chi connectivity index (χ1) is 15.0. The summed E-state index contributed by atoms with van der Waals surface area (Å²) < 4.78 is 7.77. The van der Waals surface area contributed by atoms with Crippen LogP contribution in [0, 0.1) is 3.57 Å². The second-order valence-electron chi connectivity index (χ2n) is 6.86. The standard InChI is InChI=1S/C24H17BrINO3S/c25-20-12-18(8-11-21(20)30-15-17-4-2-1-3-5-17)13-22-23(28)27(24(29)31-22)14-16-6-9-19(26)10-7-16/h1-13H,14-15H2/b22-13+. The molecule has 0 saturated carbocycles. The van der Waals surface area contributed by atoms with Crippen molar-refractivity contribution in [3.63, 3.8) is 0 Å². The predicted octanol–water partition coefficient (Wildman–Crippen LogP) is 6.87. The molecular weight excluding hydrogens is 589 g/mol. The lowest BCUT2D eigenvalue weighted by atomic mass is 10.2. The fraction of sp³-hybridized carbons (Fsp3) is 0.0833. The fourth-order valence-corrected chi connectivity index (χ4v) is 4.73. The first-order valence-electron chi connectivity index (χ1n) is 9.46. The Morgan fingerprint density at radius 1 is 0.968 bits per heavy atom. The summed E-state index contributed by atoms with van der Waals surface area (Å²) in [5.41, 5.74) is 2.82. The van der Waals surface area contributed by atoms with Crippen molar-refractivity contribution in [2.24, 2.45) is 0 Å². The average molecular weight is 606 g/mol. The van der Waals surface area contributed by atoms with Crippen LogP contribution in [0.1, 0.15) is 16.7 Å². The van der Waals surface area contributed by atoms with E-state index in [-0.39, 0.29) is 17.7 Å². The molecule has 3 aromatic rings. The zero-order chi connectivity index (χ0) is 21.8. The summed E-state index contributed by atoms with van der Waals surface area (Å²) in [6.45, 7) is 0.741. The second kappa shape index (κ2) is 10.0. The van der Waals surface area contributed by atoms with Gasteiger partial charge in [0.25, 0.3) is 11.1 Å². The van der Waals surface area contributed by atoms with E-state index in [9.17, 15) is 9.59 Å². The number of carbonyl (C=O) groups excluding carboxylic acids is 2. The molecule has 0 N–H and O–H groups in total. The summed E-state index contributed by atoms with van der Waals surface area (Å²) in [5.74, 6) is 0.446. The van der Waals surface area contributed by atoms with Crippen LogP contribution >= 0.6 is 50.3 Å². The molecule has 1 saturated heterocycles. The van der Waals surface area contributed by atoms with Gasteiger partial charge in [-0.2, -0.15) is 0 Å². The molecule has 0 aromatic heterocycles. The van der Waals surface area contributed by atoms with Crippen molar-refractivity contribution >= 4 is 67.5 Å². The van der Waals surface area contributed by atoms with Gasteiger partial charge >= 0.3 is 0 Å². The molecule has 1 aliphatic rings. The quantitative estimate of drug-likeness (QED) is 0.227. The highest BCUT2D eigenvalue weighted by atomic mass is 127. The molecule has 0 unspecified atom stereocenters. The lowest BCUT2D eigenvalue weighted by molar-refractivity contribution is -0.123. The zero-order valence-electron chi connectivity index (χ0n) is 16.3. The molecule has 1 heterocycles. The molecule has 156 valence electrons. The van der Waals surface area contributed by atoms with Gasteiger partial charge in [-0.3, -0.25) is 14.5 Å². The Bertz CT molecular complexity index is 1150. The minimum Gasteiger partial charge on any atom is -0.488 e. The molecule has 0 bridgehead atoms. The summed E-state index contributed by atoms with van der Waals surface area (Å²) in [4.78, 5) is 26.9. The number of ether oxygens (including phenoxy) is 1. The van der Waals surface area contributed by atoms with Crippen molar-refractivity contribution in [1.82, 2.24) is 4.90 Å². The Morgan fingerprint density at radius 2 is 1.71 bits per heavy atom. The van der Waals surface area contributed by atoms with E-state index in [2.05, 4.69) is 38.5 Å². The average Bonchev–Trinajstić information content (AvgIpc) is 3.03. The van der Waals surface area contributed by atoms with Gasteiger partial charge in [-0.25, -0.2) is 0 Å². The number of nitrogens with zero attached hydrogens (tertiary/aromatic N) is 1. The molecule has 0 aliphatic carbocycles. The van der Waals surface area contributed by atoms with Gasteiger partial charge < -0.3 is 4.74 Å². The van der Waals surface area contributed by atoms with Crippen LogP contribution in [0.2, 0.25) is 0 Å². The van der Waals surface area contributed by atoms with Crippen LogP contribution in [0.25, 0.3) is 6.08 Å². The van der Waals surface area contributed by atoms with Crippen LogP contribution in [0.4, 0.5) is 4.79 Å². The first-order valence-corrected chi connectivity index (χ1v) is 12.1. The number of hydrogen-bond acceptors (Lipinski definition) is 4. The van der Waals surface area contributed by atoms with E-state index in [4.69, 9.17) is 4.74 Å². The lowest BCUT2D eigenvalue weighted by Gasteiger charge is -2.12. The number of hydrogen-bond donors (Lipinski definition) is 0. The van der Waals surface area contributed by atoms with E-state index >= 15 is 0 Å². The number of amides is 2. The Labute approximate surface area is 206 Å². The normalized spacial score (nSPS) is 15.0. The van der Waals surface area contributed by atoms with Crippen LogP contribution in [-0.4, -0.2) is 16.0 Å². The molecule has 1 aliphatic heterocycles. The van der Waals surface area contributed by atoms with Gasteiger partial charge in [-0.05, 0) is 97.3 Å². The Morgan fingerprint density at radius 3 is 2.42 bits per heavy atom. The maximum Gasteiger partial charge on any atom is 0.293 e. The Kier molecular flexibility index (Phi) is 7.14. The summed E-state index contributed by atoms with van der Waals surface area (Å²) >= 11 is 6.73. The molecule has 4 nitrogen and oxygen atoms in total. The van der Waals surface area contributed by atoms with Gasteiger partial charge in [-0.15, -0.1) is 0 Å². The van der Waals surface area contributed by atoms with Crippen LogP contribution in [0.3, 0.4) is 0 Å². The third-order valence-corrected chi connectivity index (χ3v) is 6.86. The van der Waals surface area contributed by atoms with Gasteiger partial charge in [-0.1, -0.05) is 48.5 Å². The SMILES string of the molecule is O=C1S/C(=C/c2ccc(OCc3ccccc3)c(Br)c2)C(=O)N1Cc1ccc(I)cc1. The fourth-order valence-electron chi connectivity index (χ4n) is 3.02. The summed E-state index contributed by atoms with van der Waals surface area (Å²) in [5, 5.41) is -0.253. The highest BCUT2D eigenvalue weighted by Gasteiger charge is 2.34. The van der Waals surface area contributed by atoms with Crippen LogP contribution in [-0.2, 0) is 17.9 Å². The number of imide groups is 1. The second-order valence-corrected chi connectivity index (χ2v) is 9.95. The van der Waals surface area contributed by atoms with Crippen molar-refractivity contribution < 1.29 is 14.3 Å². The smallest absolute Gasteiger partial charge is 0.293 e. The van der Waals surface area contributed by atoms with E-state index in [0.29, 0.717) is 17.3 Å². The van der Waals surface area contributed by atoms with E-state index < -0.39 is 0 Å². The maximum atomic E-state index is 12.8. The summed E-state index contributed by atoms with van der Waals surface area (Å²) in [6, 6.07) is 23.3. The van der Waals surface area contributed by atoms with Crippen molar-refractivity contribution in [2.75, 3.05) is 0 Å². The largest absolute Gasteiger partial charge is 0.488 e. The maximum absolute atomic E-state index is 12.8. The van der Waals surface area contributed by atoms with Crippen molar-refractivity contribution in [1.29, 1.82) is 0 Å². The van der Waals surface area contributed by atoms with Crippen molar-refractivity contribution in [2.45, 2.75) is 13.2 Å². The minimum atomic E-state index is -0.269. The monoisotopic (exact) mass is 605 g/mol. The highest BCUT2D eigenvalue weighted by Crippen LogP contribution is 2.35. The van der Waals surface area contributed by atoms with Gasteiger partial charge in [0.2, 0.25) is 0 Å². The van der Waals surface area contributed by atoms with E-state index in [1.165, 1.54) is 4.90 Å². The molecule has 3 aromatic carbocycles. The molecule has 1 fully saturated rings. The van der Waals surface area contributed by atoms with Crippen LogP contribution in [0.5, 0.6) is 5.75 Å². The number of thioether (sulfide) groups is 1. The first kappa shape index (κ1) is 22.1. The molecule has 0 spiro atoms. The number of benzene rings is 3. The third kappa shape index (κ3) is 5.58. The zero-order valence-corrected chi connectivity index (χ0v) is 20.8. The molecule has 0 atom stereocenters. The summed E-state index contributed by atoms with van der Waals surface area (Å²) in [6.07, 6.45) is 1.74. The number of halogens is 2. The number of rotatable bonds is 6. The van der Waals surface area contributed by atoms with Gasteiger partial charge in [0, 0.05) is 3.57 Å². The van der Waals surface area contributed by atoms with E-state index in [1.807, 2.05) is 72.8 Å². The molecule has 4 rings (SSSR count). The van der Waals surface area contributed by atoms with Crippen LogP contribution < -0.4 is 4.74 Å². The molecular formula is C24H17BrINO3S. The summed E-state index contributed by atoms with van der Waals surface area (Å²) in [7, 11) is 0. The molecule has 7 heteroatoms. The highest BCUT2D eigenvalue weighted by molar-refractivity contribution is 14.1. The molecule has 0 radical (unpaired) electrons.